The first-order valence-corrected chi connectivity index (χ1v) is 12.2. The molecule has 36 heavy (non-hydrogen) atoms. The van der Waals surface area contributed by atoms with Gasteiger partial charge in [0.25, 0.3) is 11.5 Å². The molecular formula is C28H37N5O3. The number of ether oxygens (including phenoxy) is 1. The van der Waals surface area contributed by atoms with E-state index in [0.717, 1.165) is 16.9 Å². The maximum atomic E-state index is 13.2. The van der Waals surface area contributed by atoms with E-state index in [-0.39, 0.29) is 28.0 Å². The maximum Gasteiger partial charge on any atom is 0.294 e. The Morgan fingerprint density at radius 3 is 2.36 bits per heavy atom. The largest absolute Gasteiger partial charge is 0.494 e. The molecule has 0 unspecified atom stereocenters. The molecule has 1 aromatic heterocycles. The van der Waals surface area contributed by atoms with Crippen LogP contribution < -0.4 is 15.6 Å². The van der Waals surface area contributed by atoms with Gasteiger partial charge in [0.05, 0.1) is 23.6 Å². The zero-order chi connectivity index (χ0) is 26.7. The highest BCUT2D eigenvalue weighted by Crippen LogP contribution is 2.30. The van der Waals surface area contributed by atoms with Crippen molar-refractivity contribution >= 4 is 17.3 Å². The van der Waals surface area contributed by atoms with Crippen LogP contribution in [0.15, 0.2) is 57.5 Å². The van der Waals surface area contributed by atoms with E-state index >= 15 is 0 Å². The molecular weight excluding hydrogens is 454 g/mol. The third-order valence-corrected chi connectivity index (χ3v) is 5.85. The molecule has 0 fully saturated rings. The number of carbonyl (C=O) groups excluding carboxylic acids is 1. The molecule has 1 amide bonds. The maximum absolute atomic E-state index is 13.2. The van der Waals surface area contributed by atoms with Crippen LogP contribution in [-0.2, 0) is 24.4 Å². The van der Waals surface area contributed by atoms with Gasteiger partial charge in [-0.2, -0.15) is 0 Å². The number of hydrogen-bond donors (Lipinski definition) is 2. The third kappa shape index (κ3) is 6.11. The van der Waals surface area contributed by atoms with Gasteiger partial charge in [0.1, 0.15) is 5.75 Å². The van der Waals surface area contributed by atoms with E-state index in [1.54, 1.807) is 31.3 Å². The van der Waals surface area contributed by atoms with Crippen molar-refractivity contribution in [2.45, 2.75) is 65.8 Å². The van der Waals surface area contributed by atoms with Crippen LogP contribution in [0.1, 0.15) is 75.6 Å². The van der Waals surface area contributed by atoms with E-state index < -0.39 is 0 Å². The number of rotatable bonds is 7. The van der Waals surface area contributed by atoms with Gasteiger partial charge in [-0.3, -0.25) is 19.4 Å². The molecule has 8 heteroatoms. The van der Waals surface area contributed by atoms with Crippen LogP contribution in [0.4, 0.5) is 11.4 Å². The Hall–Kier alpha value is -3.68. The molecule has 0 aliphatic heterocycles. The van der Waals surface area contributed by atoms with Gasteiger partial charge < -0.3 is 10.1 Å². The van der Waals surface area contributed by atoms with Gasteiger partial charge >= 0.3 is 0 Å². The van der Waals surface area contributed by atoms with Crippen LogP contribution in [0.2, 0.25) is 0 Å². The van der Waals surface area contributed by atoms with E-state index in [1.807, 2.05) is 33.8 Å². The van der Waals surface area contributed by atoms with Crippen molar-refractivity contribution < 1.29 is 9.53 Å². The predicted molar refractivity (Wildman–Crippen MR) is 143 cm³/mol. The summed E-state index contributed by atoms with van der Waals surface area (Å²) in [6.07, 6.45) is 0. The van der Waals surface area contributed by atoms with Crippen LogP contribution in [0.25, 0.3) is 0 Å². The summed E-state index contributed by atoms with van der Waals surface area (Å²) in [5, 5.41) is 14.6. The molecule has 0 saturated heterocycles. The van der Waals surface area contributed by atoms with Crippen molar-refractivity contribution in [2.24, 2.45) is 17.3 Å². The summed E-state index contributed by atoms with van der Waals surface area (Å²) >= 11 is 0. The highest BCUT2D eigenvalue weighted by Gasteiger charge is 2.24. The van der Waals surface area contributed by atoms with Gasteiger partial charge in [-0.1, -0.05) is 59.7 Å². The van der Waals surface area contributed by atoms with Crippen LogP contribution in [0, 0.1) is 0 Å². The van der Waals surface area contributed by atoms with E-state index in [4.69, 9.17) is 4.74 Å². The number of aromatic amines is 1. The monoisotopic (exact) mass is 491 g/mol. The molecule has 8 nitrogen and oxygen atoms in total. The summed E-state index contributed by atoms with van der Waals surface area (Å²) in [6.45, 7) is 15.2. The van der Waals surface area contributed by atoms with Crippen molar-refractivity contribution in [3.05, 3.63) is 75.2 Å². The average molecular weight is 492 g/mol. The topological polar surface area (TPSA) is 101 Å². The lowest BCUT2D eigenvalue weighted by atomic mass is 9.86. The Morgan fingerprint density at radius 1 is 1.03 bits per heavy atom. The smallest absolute Gasteiger partial charge is 0.294 e. The van der Waals surface area contributed by atoms with Crippen molar-refractivity contribution in [2.75, 3.05) is 6.61 Å². The summed E-state index contributed by atoms with van der Waals surface area (Å²) in [4.78, 5) is 25.8. The van der Waals surface area contributed by atoms with Gasteiger partial charge in [-0.15, -0.1) is 10.2 Å². The normalized spacial score (nSPS) is 12.2. The second-order valence-corrected chi connectivity index (χ2v) is 10.9. The number of H-pyrrole nitrogens is 1. The average Bonchev–Trinajstić information content (AvgIpc) is 3.10. The van der Waals surface area contributed by atoms with Crippen LogP contribution in [0.3, 0.4) is 0 Å². The van der Waals surface area contributed by atoms with Crippen molar-refractivity contribution in [3.63, 3.8) is 0 Å². The lowest BCUT2D eigenvalue weighted by molar-refractivity contribution is 0.0951. The fourth-order valence-corrected chi connectivity index (χ4v) is 3.76. The Balaban J connectivity index is 1.88. The van der Waals surface area contributed by atoms with Gasteiger partial charge in [0.2, 0.25) is 0 Å². The van der Waals surface area contributed by atoms with Crippen LogP contribution in [-0.4, -0.2) is 22.3 Å². The number of benzene rings is 2. The molecule has 2 N–H and O–H groups in total. The summed E-state index contributed by atoms with van der Waals surface area (Å²) in [5.41, 5.74) is 3.11. The van der Waals surface area contributed by atoms with Crippen LogP contribution in [0.5, 0.6) is 5.75 Å². The van der Waals surface area contributed by atoms with Crippen molar-refractivity contribution in [1.29, 1.82) is 0 Å². The number of amides is 1. The molecule has 0 spiro atoms. The van der Waals surface area contributed by atoms with E-state index in [1.165, 1.54) is 4.68 Å². The minimum atomic E-state index is -0.328. The number of azo groups is 1. The Labute approximate surface area is 212 Å². The van der Waals surface area contributed by atoms with Gasteiger partial charge in [0.15, 0.2) is 5.69 Å². The number of nitrogens with zero attached hydrogens (tertiary/aromatic N) is 3. The minimum Gasteiger partial charge on any atom is -0.494 e. The summed E-state index contributed by atoms with van der Waals surface area (Å²) in [5.74, 6) is 0.461. The SMILES string of the molecule is CCOc1ccc(C(C)(C)C)cc1CNC(=O)c1ccccc1N=Nc1c(C(C)(C)C)[nH]n(C)c1=O. The highest BCUT2D eigenvalue weighted by atomic mass is 16.5. The second-order valence-electron chi connectivity index (χ2n) is 10.9. The zero-order valence-electron chi connectivity index (χ0n) is 22.5. The van der Waals surface area contributed by atoms with E-state index in [9.17, 15) is 9.59 Å². The number of aromatic nitrogens is 2. The first-order chi connectivity index (χ1) is 16.8. The molecule has 1 heterocycles. The number of nitrogens with one attached hydrogen (secondary N) is 2. The Bertz CT molecular complexity index is 1320. The predicted octanol–water partition coefficient (Wildman–Crippen LogP) is 6.05. The molecule has 0 bridgehead atoms. The number of carbonyl (C=O) groups is 1. The molecule has 0 saturated carbocycles. The molecule has 0 radical (unpaired) electrons. The standard InChI is InChI=1S/C28H37N5O3/c1-9-36-22-15-14-19(27(2,3)4)16-18(22)17-29-25(34)20-12-10-11-13-21(20)30-31-23-24(28(5,6)7)32-33(8)26(23)35/h10-16,32H,9,17H2,1-8H3,(H,29,34). The number of hydrogen-bond acceptors (Lipinski definition) is 5. The lowest BCUT2D eigenvalue weighted by Crippen LogP contribution is -2.23. The third-order valence-electron chi connectivity index (χ3n) is 5.85. The quantitative estimate of drug-likeness (QED) is 0.393. The Kier molecular flexibility index (Phi) is 7.86. The minimum absolute atomic E-state index is 0.0301. The molecule has 3 rings (SSSR count). The second kappa shape index (κ2) is 10.5. The fourth-order valence-electron chi connectivity index (χ4n) is 3.76. The molecule has 2 aromatic carbocycles. The van der Waals surface area contributed by atoms with E-state index in [2.05, 4.69) is 53.5 Å². The van der Waals surface area contributed by atoms with Crippen molar-refractivity contribution in [1.82, 2.24) is 15.1 Å². The van der Waals surface area contributed by atoms with Gasteiger partial charge in [0, 0.05) is 24.6 Å². The van der Waals surface area contributed by atoms with Crippen LogP contribution >= 0.6 is 0 Å². The molecule has 0 atom stereocenters. The first-order valence-electron chi connectivity index (χ1n) is 12.2. The highest BCUT2D eigenvalue weighted by molar-refractivity contribution is 5.98. The molecule has 0 aliphatic carbocycles. The first kappa shape index (κ1) is 26.9. The molecule has 3 aromatic rings. The Morgan fingerprint density at radius 2 is 1.72 bits per heavy atom. The summed E-state index contributed by atoms with van der Waals surface area (Å²) in [7, 11) is 1.64. The van der Waals surface area contributed by atoms with Gasteiger partial charge in [-0.25, -0.2) is 0 Å². The van der Waals surface area contributed by atoms with Crippen molar-refractivity contribution in [3.8, 4) is 5.75 Å². The van der Waals surface area contributed by atoms with Gasteiger partial charge in [-0.05, 0) is 42.2 Å². The molecule has 192 valence electrons. The summed E-state index contributed by atoms with van der Waals surface area (Å²) in [6, 6.07) is 13.0. The number of aryl methyl sites for hydroxylation is 1. The zero-order valence-corrected chi connectivity index (χ0v) is 22.5. The van der Waals surface area contributed by atoms with E-state index in [0.29, 0.717) is 30.1 Å². The molecule has 0 aliphatic rings. The summed E-state index contributed by atoms with van der Waals surface area (Å²) < 4.78 is 7.17. The fraction of sp³-hybridized carbons (Fsp3) is 0.429. The lowest BCUT2D eigenvalue weighted by Gasteiger charge is -2.21.